The molecule has 2 aliphatic rings. The molecule has 0 saturated heterocycles. The Labute approximate surface area is 168 Å². The van der Waals surface area contributed by atoms with Crippen molar-refractivity contribution in [3.8, 4) is 11.5 Å². The van der Waals surface area contributed by atoms with Gasteiger partial charge in [-0.25, -0.2) is 4.39 Å². The summed E-state index contributed by atoms with van der Waals surface area (Å²) in [4.78, 5) is 25.1. The molecule has 1 aliphatic carbocycles. The molecule has 1 N–H and O–H groups in total. The van der Waals surface area contributed by atoms with E-state index in [0.717, 1.165) is 18.4 Å². The number of carbonyl (C=O) groups is 2. The number of esters is 1. The number of rotatable bonds is 5. The lowest BCUT2D eigenvalue weighted by Gasteiger charge is -2.28. The standard InChI is InChI=1S/C22H22FNO5/c23-16-4-3-5-17(13-16)24-20(25)14-29-21(26)22(8-1-2-9-22)15-6-7-18-19(12-15)28-11-10-27-18/h3-7,12-13H,1-2,8-11,14H2,(H,24,25). The lowest BCUT2D eigenvalue weighted by Crippen LogP contribution is -2.36. The van der Waals surface area contributed by atoms with Gasteiger partial charge in [0, 0.05) is 5.69 Å². The van der Waals surface area contributed by atoms with E-state index in [4.69, 9.17) is 14.2 Å². The Hall–Kier alpha value is -3.09. The third-order valence-corrected chi connectivity index (χ3v) is 5.39. The average Bonchev–Trinajstić information content (AvgIpc) is 3.23. The van der Waals surface area contributed by atoms with Crippen molar-refractivity contribution in [3.05, 3.63) is 53.8 Å². The number of ether oxygens (including phenoxy) is 3. The van der Waals surface area contributed by atoms with Crippen molar-refractivity contribution in [3.63, 3.8) is 0 Å². The van der Waals surface area contributed by atoms with Gasteiger partial charge in [-0.15, -0.1) is 0 Å². The van der Waals surface area contributed by atoms with Crippen LogP contribution in [0.2, 0.25) is 0 Å². The molecule has 29 heavy (non-hydrogen) atoms. The highest BCUT2D eigenvalue weighted by Gasteiger charge is 2.45. The van der Waals surface area contributed by atoms with Crippen LogP contribution in [0.5, 0.6) is 11.5 Å². The zero-order valence-corrected chi connectivity index (χ0v) is 15.9. The van der Waals surface area contributed by atoms with Crippen LogP contribution < -0.4 is 14.8 Å². The monoisotopic (exact) mass is 399 g/mol. The van der Waals surface area contributed by atoms with Gasteiger partial charge < -0.3 is 19.5 Å². The first kappa shape index (κ1) is 19.2. The van der Waals surface area contributed by atoms with Crippen LogP contribution in [0.25, 0.3) is 0 Å². The molecule has 6 nitrogen and oxygen atoms in total. The quantitative estimate of drug-likeness (QED) is 0.778. The molecule has 4 rings (SSSR count). The van der Waals surface area contributed by atoms with Crippen molar-refractivity contribution < 1.29 is 28.2 Å². The van der Waals surface area contributed by atoms with Crippen molar-refractivity contribution in [1.82, 2.24) is 0 Å². The molecule has 0 unspecified atom stereocenters. The average molecular weight is 399 g/mol. The number of anilines is 1. The number of halogens is 1. The summed E-state index contributed by atoms with van der Waals surface area (Å²) in [6.07, 6.45) is 3.10. The number of amides is 1. The fourth-order valence-corrected chi connectivity index (χ4v) is 3.96. The Bertz CT molecular complexity index is 923. The van der Waals surface area contributed by atoms with E-state index in [1.807, 2.05) is 18.2 Å². The van der Waals surface area contributed by atoms with Gasteiger partial charge in [-0.1, -0.05) is 25.0 Å². The fourth-order valence-electron chi connectivity index (χ4n) is 3.96. The lowest BCUT2D eigenvalue weighted by molar-refractivity contribution is -0.153. The Balaban J connectivity index is 1.45. The minimum Gasteiger partial charge on any atom is -0.486 e. The van der Waals surface area contributed by atoms with E-state index in [0.29, 0.717) is 43.2 Å². The summed E-state index contributed by atoms with van der Waals surface area (Å²) in [5.74, 6) is -0.115. The molecular weight excluding hydrogens is 377 g/mol. The summed E-state index contributed by atoms with van der Waals surface area (Å²) in [7, 11) is 0. The van der Waals surface area contributed by atoms with Crippen molar-refractivity contribution in [2.45, 2.75) is 31.1 Å². The Morgan fingerprint density at radius 3 is 2.55 bits per heavy atom. The number of nitrogens with one attached hydrogen (secondary N) is 1. The van der Waals surface area contributed by atoms with Crippen LogP contribution in [0.15, 0.2) is 42.5 Å². The normalized spacial score (nSPS) is 16.9. The van der Waals surface area contributed by atoms with Crippen molar-refractivity contribution in [2.24, 2.45) is 0 Å². The SMILES string of the molecule is O=C(COC(=O)C1(c2ccc3c(c2)OCCO3)CCCC1)Nc1cccc(F)c1. The van der Waals surface area contributed by atoms with Crippen LogP contribution in [0, 0.1) is 5.82 Å². The van der Waals surface area contributed by atoms with Crippen LogP contribution in [-0.2, 0) is 19.7 Å². The smallest absolute Gasteiger partial charge is 0.317 e. The van der Waals surface area contributed by atoms with E-state index in [1.54, 1.807) is 6.07 Å². The van der Waals surface area contributed by atoms with Gasteiger partial charge in [-0.2, -0.15) is 0 Å². The van der Waals surface area contributed by atoms with Gasteiger partial charge in [-0.3, -0.25) is 9.59 Å². The van der Waals surface area contributed by atoms with Gasteiger partial charge in [0.25, 0.3) is 5.91 Å². The van der Waals surface area contributed by atoms with Crippen LogP contribution in [0.3, 0.4) is 0 Å². The fraction of sp³-hybridized carbons (Fsp3) is 0.364. The van der Waals surface area contributed by atoms with E-state index in [-0.39, 0.29) is 0 Å². The second-order valence-electron chi connectivity index (χ2n) is 7.28. The maximum Gasteiger partial charge on any atom is 0.317 e. The van der Waals surface area contributed by atoms with Gasteiger partial charge in [0.2, 0.25) is 0 Å². The number of fused-ring (bicyclic) bond motifs is 1. The van der Waals surface area contributed by atoms with Gasteiger partial charge in [0.1, 0.15) is 19.0 Å². The van der Waals surface area contributed by atoms with Gasteiger partial charge in [0.05, 0.1) is 5.41 Å². The van der Waals surface area contributed by atoms with Crippen molar-refractivity contribution in [1.29, 1.82) is 0 Å². The molecule has 7 heteroatoms. The van der Waals surface area contributed by atoms with E-state index < -0.39 is 29.7 Å². The first-order chi connectivity index (χ1) is 14.1. The highest BCUT2D eigenvalue weighted by Crippen LogP contribution is 2.45. The summed E-state index contributed by atoms with van der Waals surface area (Å²) in [5.41, 5.74) is 0.331. The highest BCUT2D eigenvalue weighted by molar-refractivity contribution is 5.94. The van der Waals surface area contributed by atoms with E-state index in [2.05, 4.69) is 5.32 Å². The largest absolute Gasteiger partial charge is 0.486 e. The molecule has 0 radical (unpaired) electrons. The van der Waals surface area contributed by atoms with E-state index in [1.165, 1.54) is 18.2 Å². The van der Waals surface area contributed by atoms with Gasteiger partial charge >= 0.3 is 5.97 Å². The molecule has 1 heterocycles. The maximum atomic E-state index is 13.2. The predicted molar refractivity (Wildman–Crippen MR) is 104 cm³/mol. The molecule has 1 amide bonds. The molecule has 1 aliphatic heterocycles. The number of hydrogen-bond donors (Lipinski definition) is 1. The summed E-state index contributed by atoms with van der Waals surface area (Å²) >= 11 is 0. The lowest BCUT2D eigenvalue weighted by atomic mass is 9.78. The highest BCUT2D eigenvalue weighted by atomic mass is 19.1. The molecule has 0 aromatic heterocycles. The number of carbonyl (C=O) groups excluding carboxylic acids is 2. The molecule has 1 saturated carbocycles. The third-order valence-electron chi connectivity index (χ3n) is 5.39. The molecule has 2 aromatic carbocycles. The van der Waals surface area contributed by atoms with Crippen LogP contribution >= 0.6 is 0 Å². The Kier molecular flexibility index (Phi) is 5.38. The van der Waals surface area contributed by atoms with Crippen LogP contribution in [0.1, 0.15) is 31.2 Å². The second kappa shape index (κ2) is 8.11. The summed E-state index contributed by atoms with van der Waals surface area (Å²) in [5, 5.41) is 2.53. The zero-order chi connectivity index (χ0) is 20.3. The zero-order valence-electron chi connectivity index (χ0n) is 15.9. The number of hydrogen-bond acceptors (Lipinski definition) is 5. The Morgan fingerprint density at radius 1 is 1.03 bits per heavy atom. The van der Waals surface area contributed by atoms with Crippen molar-refractivity contribution >= 4 is 17.6 Å². The maximum absolute atomic E-state index is 13.2. The van der Waals surface area contributed by atoms with Crippen LogP contribution in [-0.4, -0.2) is 31.7 Å². The Morgan fingerprint density at radius 2 is 1.79 bits per heavy atom. The summed E-state index contributed by atoms with van der Waals surface area (Å²) < 4.78 is 29.8. The van der Waals surface area contributed by atoms with Crippen molar-refractivity contribution in [2.75, 3.05) is 25.1 Å². The molecule has 0 atom stereocenters. The molecule has 0 spiro atoms. The third kappa shape index (κ3) is 4.04. The molecule has 0 bridgehead atoms. The van der Waals surface area contributed by atoms with Gasteiger partial charge in [0.15, 0.2) is 18.1 Å². The summed E-state index contributed by atoms with van der Waals surface area (Å²) in [6, 6.07) is 11.1. The number of benzene rings is 2. The van der Waals surface area contributed by atoms with Gasteiger partial charge in [-0.05, 0) is 48.7 Å². The van der Waals surface area contributed by atoms with Crippen LogP contribution in [0.4, 0.5) is 10.1 Å². The molecule has 1 fully saturated rings. The molecule has 2 aromatic rings. The first-order valence-electron chi connectivity index (χ1n) is 9.70. The second-order valence-corrected chi connectivity index (χ2v) is 7.28. The minimum atomic E-state index is -0.797. The minimum absolute atomic E-state index is 0.313. The summed E-state index contributed by atoms with van der Waals surface area (Å²) in [6.45, 7) is 0.537. The topological polar surface area (TPSA) is 73.9 Å². The molecule has 152 valence electrons. The molecular formula is C22H22FNO5. The van der Waals surface area contributed by atoms with E-state index >= 15 is 0 Å². The predicted octanol–water partition coefficient (Wildman–Crippen LogP) is 3.59. The van der Waals surface area contributed by atoms with E-state index in [9.17, 15) is 14.0 Å². The first-order valence-corrected chi connectivity index (χ1v) is 9.70.